The summed E-state index contributed by atoms with van der Waals surface area (Å²) in [6, 6.07) is 15.2. The van der Waals surface area contributed by atoms with Crippen molar-refractivity contribution in [2.24, 2.45) is 5.73 Å². The van der Waals surface area contributed by atoms with Gasteiger partial charge in [-0.05, 0) is 30.7 Å². The highest BCUT2D eigenvalue weighted by molar-refractivity contribution is 8.00. The zero-order chi connectivity index (χ0) is 16.7. The van der Waals surface area contributed by atoms with Crippen molar-refractivity contribution in [2.45, 2.75) is 11.8 Å². The molecule has 0 spiro atoms. The third-order valence-corrected chi connectivity index (χ3v) is 4.12. The number of anilines is 1. The number of amides is 2. The molecule has 0 fully saturated rings. The van der Waals surface area contributed by atoms with Crippen LogP contribution in [0.25, 0.3) is 6.08 Å². The maximum absolute atomic E-state index is 12.0. The van der Waals surface area contributed by atoms with Gasteiger partial charge in [0.25, 0.3) is 0 Å². The van der Waals surface area contributed by atoms with E-state index in [0.717, 1.165) is 10.5 Å². The van der Waals surface area contributed by atoms with Crippen LogP contribution >= 0.6 is 11.8 Å². The lowest BCUT2D eigenvalue weighted by Gasteiger charge is -2.08. The van der Waals surface area contributed by atoms with E-state index < -0.39 is 5.91 Å². The number of carbonyl (C=O) groups is 2. The molecule has 0 heterocycles. The largest absolute Gasteiger partial charge is 0.369 e. The van der Waals surface area contributed by atoms with Crippen molar-refractivity contribution < 1.29 is 9.59 Å². The molecule has 5 heteroatoms. The molecule has 2 rings (SSSR count). The lowest BCUT2D eigenvalue weighted by atomic mass is 10.1. The maximum Gasteiger partial charge on any atom is 0.248 e. The van der Waals surface area contributed by atoms with Gasteiger partial charge in [0, 0.05) is 11.0 Å². The molecule has 23 heavy (non-hydrogen) atoms. The number of aryl methyl sites for hydroxylation is 1. The number of para-hydroxylation sites is 1. The summed E-state index contributed by atoms with van der Waals surface area (Å²) in [5.41, 5.74) is 7.95. The third-order valence-electron chi connectivity index (χ3n) is 3.02. The van der Waals surface area contributed by atoms with Crippen LogP contribution < -0.4 is 11.1 Å². The van der Waals surface area contributed by atoms with Crippen molar-refractivity contribution in [3.63, 3.8) is 0 Å². The highest BCUT2D eigenvalue weighted by atomic mass is 32.2. The molecule has 0 aliphatic rings. The Labute approximate surface area is 139 Å². The topological polar surface area (TPSA) is 72.2 Å². The number of hydrogen-bond acceptors (Lipinski definition) is 3. The Morgan fingerprint density at radius 3 is 2.52 bits per heavy atom. The Morgan fingerprint density at radius 1 is 1.13 bits per heavy atom. The maximum atomic E-state index is 12.0. The number of rotatable bonds is 6. The first-order chi connectivity index (χ1) is 11.0. The van der Waals surface area contributed by atoms with Crippen LogP contribution in [-0.4, -0.2) is 17.6 Å². The number of nitrogens with one attached hydrogen (secondary N) is 1. The van der Waals surface area contributed by atoms with Crippen LogP contribution in [0.15, 0.2) is 59.5 Å². The van der Waals surface area contributed by atoms with Gasteiger partial charge in [0.05, 0.1) is 11.4 Å². The van der Waals surface area contributed by atoms with Gasteiger partial charge in [0.1, 0.15) is 0 Å². The SMILES string of the molecule is Cc1ccc(/C=C/C(=O)Nc2ccccc2SCC(N)=O)cc1. The number of hydrogen-bond donors (Lipinski definition) is 2. The molecular weight excluding hydrogens is 308 g/mol. The van der Waals surface area contributed by atoms with Crippen LogP contribution in [0.4, 0.5) is 5.69 Å². The molecule has 0 unspecified atom stereocenters. The van der Waals surface area contributed by atoms with Crippen molar-refractivity contribution in [1.82, 2.24) is 0 Å². The summed E-state index contributed by atoms with van der Waals surface area (Å²) >= 11 is 1.30. The van der Waals surface area contributed by atoms with Crippen molar-refractivity contribution >= 4 is 35.3 Å². The summed E-state index contributed by atoms with van der Waals surface area (Å²) in [4.78, 5) is 23.7. The molecule has 2 aromatic carbocycles. The van der Waals surface area contributed by atoms with Gasteiger partial charge >= 0.3 is 0 Å². The van der Waals surface area contributed by atoms with Gasteiger partial charge in [-0.25, -0.2) is 0 Å². The highest BCUT2D eigenvalue weighted by Crippen LogP contribution is 2.26. The third kappa shape index (κ3) is 5.64. The molecule has 118 valence electrons. The van der Waals surface area contributed by atoms with Crippen LogP contribution in [-0.2, 0) is 9.59 Å². The molecule has 0 atom stereocenters. The molecule has 0 aromatic heterocycles. The molecule has 4 nitrogen and oxygen atoms in total. The number of nitrogens with two attached hydrogens (primary N) is 1. The van der Waals surface area contributed by atoms with Crippen LogP contribution in [0.5, 0.6) is 0 Å². The minimum Gasteiger partial charge on any atom is -0.369 e. The second kappa shape index (κ2) is 8.19. The first kappa shape index (κ1) is 16.8. The zero-order valence-corrected chi connectivity index (χ0v) is 13.6. The smallest absolute Gasteiger partial charge is 0.248 e. The van der Waals surface area contributed by atoms with E-state index in [2.05, 4.69) is 5.32 Å². The number of benzene rings is 2. The van der Waals surface area contributed by atoms with E-state index in [1.54, 1.807) is 12.1 Å². The van der Waals surface area contributed by atoms with Gasteiger partial charge in [-0.1, -0.05) is 42.0 Å². The first-order valence-electron chi connectivity index (χ1n) is 7.10. The van der Waals surface area contributed by atoms with Gasteiger partial charge in [0.2, 0.25) is 11.8 Å². The van der Waals surface area contributed by atoms with Gasteiger partial charge < -0.3 is 11.1 Å². The Kier molecular flexibility index (Phi) is 6.00. The predicted molar refractivity (Wildman–Crippen MR) is 95.2 cm³/mol. The van der Waals surface area contributed by atoms with Gasteiger partial charge in [0.15, 0.2) is 0 Å². The molecule has 3 N–H and O–H groups in total. The number of carbonyl (C=O) groups excluding carboxylic acids is 2. The Balaban J connectivity index is 2.02. The van der Waals surface area contributed by atoms with E-state index >= 15 is 0 Å². The molecule has 0 saturated carbocycles. The van der Waals surface area contributed by atoms with Crippen LogP contribution in [0.3, 0.4) is 0 Å². The van der Waals surface area contributed by atoms with Gasteiger partial charge in [-0.15, -0.1) is 11.8 Å². The summed E-state index contributed by atoms with van der Waals surface area (Å²) in [7, 11) is 0. The molecule has 2 aromatic rings. The molecule has 0 aliphatic carbocycles. The summed E-state index contributed by atoms with van der Waals surface area (Å²) < 4.78 is 0. The average Bonchev–Trinajstić information content (AvgIpc) is 2.53. The van der Waals surface area contributed by atoms with Crippen molar-refractivity contribution in [3.05, 3.63) is 65.7 Å². The molecule has 0 aliphatic heterocycles. The fourth-order valence-electron chi connectivity index (χ4n) is 1.87. The molecule has 0 radical (unpaired) electrons. The van der Waals surface area contributed by atoms with Gasteiger partial charge in [-0.2, -0.15) is 0 Å². The van der Waals surface area contributed by atoms with Crippen molar-refractivity contribution in [3.8, 4) is 0 Å². The van der Waals surface area contributed by atoms with E-state index in [-0.39, 0.29) is 11.7 Å². The summed E-state index contributed by atoms with van der Waals surface area (Å²) in [6.45, 7) is 2.01. The quantitative estimate of drug-likeness (QED) is 0.632. The number of primary amides is 1. The monoisotopic (exact) mass is 326 g/mol. The van der Waals surface area contributed by atoms with Crippen LogP contribution in [0.2, 0.25) is 0 Å². The summed E-state index contributed by atoms with van der Waals surface area (Å²) in [5.74, 6) is -0.445. The number of thioether (sulfide) groups is 1. The second-order valence-corrected chi connectivity index (χ2v) is 6.00. The van der Waals surface area contributed by atoms with E-state index in [9.17, 15) is 9.59 Å². The van der Waals surface area contributed by atoms with Crippen molar-refractivity contribution in [2.75, 3.05) is 11.1 Å². The Morgan fingerprint density at radius 2 is 1.83 bits per heavy atom. The molecule has 0 bridgehead atoms. The predicted octanol–water partition coefficient (Wildman–Crippen LogP) is 3.22. The minimum absolute atomic E-state index is 0.173. The van der Waals surface area contributed by atoms with Gasteiger partial charge in [-0.3, -0.25) is 9.59 Å². The van der Waals surface area contributed by atoms with Crippen molar-refractivity contribution in [1.29, 1.82) is 0 Å². The molecular formula is C18H18N2O2S. The Bertz CT molecular complexity index is 724. The fourth-order valence-corrected chi connectivity index (χ4v) is 2.62. The van der Waals surface area contributed by atoms with E-state index in [0.29, 0.717) is 5.69 Å². The highest BCUT2D eigenvalue weighted by Gasteiger charge is 2.06. The lowest BCUT2D eigenvalue weighted by Crippen LogP contribution is -2.13. The fraction of sp³-hybridized carbons (Fsp3) is 0.111. The standard InChI is InChI=1S/C18H18N2O2S/c1-13-6-8-14(9-7-13)10-11-18(22)20-15-4-2-3-5-16(15)23-12-17(19)21/h2-11H,12H2,1H3,(H2,19,21)(H,20,22)/b11-10+. The lowest BCUT2D eigenvalue weighted by molar-refractivity contribution is -0.115. The average molecular weight is 326 g/mol. The second-order valence-electron chi connectivity index (χ2n) is 4.98. The molecule has 2 amide bonds. The van der Waals surface area contributed by atoms with Crippen LogP contribution in [0, 0.1) is 6.92 Å². The van der Waals surface area contributed by atoms with E-state index in [4.69, 9.17) is 5.73 Å². The van der Waals surface area contributed by atoms with E-state index in [1.165, 1.54) is 23.4 Å². The Hall–Kier alpha value is -2.53. The summed E-state index contributed by atoms with van der Waals surface area (Å²) in [6.07, 6.45) is 3.24. The zero-order valence-electron chi connectivity index (χ0n) is 12.8. The summed E-state index contributed by atoms with van der Waals surface area (Å²) in [5, 5.41) is 2.82. The minimum atomic E-state index is -0.393. The van der Waals surface area contributed by atoms with E-state index in [1.807, 2.05) is 49.4 Å². The first-order valence-corrected chi connectivity index (χ1v) is 8.09. The molecule has 0 saturated heterocycles. The van der Waals surface area contributed by atoms with Crippen LogP contribution in [0.1, 0.15) is 11.1 Å². The normalized spacial score (nSPS) is 10.7.